The zero-order chi connectivity index (χ0) is 86.4. The summed E-state index contributed by atoms with van der Waals surface area (Å²) in [7, 11) is 0. The predicted octanol–water partition coefficient (Wildman–Crippen LogP) is 26.4. The summed E-state index contributed by atoms with van der Waals surface area (Å²) in [5.74, 6) is 0.674. The summed E-state index contributed by atoms with van der Waals surface area (Å²) >= 11 is 0. The number of rotatable bonds is 28. The molecule has 0 amide bonds. The molecule has 0 bridgehead atoms. The fourth-order valence-electron chi connectivity index (χ4n) is 9.75. The Balaban J connectivity index is -0.000000173. The molecule has 0 aliphatic heterocycles. The Morgan fingerprint density at radius 2 is 0.673 bits per heavy atom. The van der Waals surface area contributed by atoms with Gasteiger partial charge in [-0.15, -0.1) is 0 Å². The van der Waals surface area contributed by atoms with Gasteiger partial charge in [0.25, 0.3) is 0 Å². The van der Waals surface area contributed by atoms with Crippen molar-refractivity contribution in [3.05, 3.63) is 0 Å². The summed E-state index contributed by atoms with van der Waals surface area (Å²) in [6.07, 6.45) is 18.1. The smallest absolute Gasteiger partial charge is 0.332 e. The maximum atomic E-state index is 11.7. The summed E-state index contributed by atoms with van der Waals surface area (Å²) in [5.41, 5.74) is 2.61. The van der Waals surface area contributed by atoms with Gasteiger partial charge in [-0.25, -0.2) is 4.79 Å². The van der Waals surface area contributed by atoms with Crippen LogP contribution in [0.25, 0.3) is 0 Å². The van der Waals surface area contributed by atoms with Crippen LogP contribution in [0.4, 0.5) is 0 Å². The van der Waals surface area contributed by atoms with Gasteiger partial charge in [0.15, 0.2) is 0 Å². The highest BCUT2D eigenvalue weighted by Crippen LogP contribution is 2.30. The van der Waals surface area contributed by atoms with E-state index in [0.717, 1.165) is 64.2 Å². The fraction of sp³-hybridized carbons (Fsp3) is 0.924. The lowest BCUT2D eigenvalue weighted by Crippen LogP contribution is -2.24. The number of hydrogen-bond donors (Lipinski definition) is 0. The minimum Gasteiger partial charge on any atom is -0.466 e. The van der Waals surface area contributed by atoms with E-state index in [1.807, 2.05) is 118 Å². The Morgan fingerprint density at radius 3 is 0.963 bits per heavy atom. The lowest BCUT2D eigenvalue weighted by molar-refractivity contribution is -0.154. The second-order valence-electron chi connectivity index (χ2n) is 42.4. The highest BCUT2D eigenvalue weighted by molar-refractivity contribution is 5.73. The normalized spacial score (nSPS) is 13.9. The average Bonchev–Trinajstić information content (AvgIpc) is 1.87. The molecular weight excluding hydrogens is 1340 g/mol. The number of carbonyl (C=O) groups is 7. The van der Waals surface area contributed by atoms with Crippen LogP contribution in [0.15, 0.2) is 0 Å². The highest BCUT2D eigenvalue weighted by atomic mass is 16.6. The molecule has 4 unspecified atom stereocenters. The standard InChI is InChI=1S/C13H24O2.2C12H24O2.2C11H22O2.C10H20O3.C10H20O2.C7H16.C6H14/c1-10(9-13(2,3)4)15-12(14)11-7-5-6-8-11;1-9(2)7-11(13)14-10(3)8-12(4,5)6;1-10(2)9-11(13)14-8-6-7-12(3,4)5;1-8(2)10(12)13-9(3)7-11(4,5)6;1-9(2)8-10(12)13-7-6-11(3,4)5;1-5-6-12-7-9(11)13-8-10(2,3)4;1-6-9(11)12-8(2)7-10(3,4)5;1-5-6-7(2,3)4;1-5-6(2,3)4/h10-11H,5-9H2,1-4H3;9-10H,7-8H2,1-6H3;10H,6-9H2,1-5H3;8-9H,7H2,1-6H3;9H,6-8H2,1-5H3;5-8H2,1-4H3;8H,6-7H2,1-5H3;5-6H2,1-4H3;5H2,1-4H3. The number of ether oxygens (including phenoxy) is 8. The lowest BCUT2D eigenvalue weighted by Gasteiger charge is -2.24. The molecule has 1 rings (SSSR count). The zero-order valence-electron chi connectivity index (χ0n) is 79.3. The van der Waals surface area contributed by atoms with Crippen LogP contribution in [-0.2, 0) is 71.5 Å². The molecule has 0 aromatic heterocycles. The lowest BCUT2D eigenvalue weighted by atomic mass is 9.89. The van der Waals surface area contributed by atoms with E-state index in [1.165, 1.54) is 32.1 Å². The van der Waals surface area contributed by atoms with Gasteiger partial charge >= 0.3 is 41.8 Å². The molecule has 0 spiro atoms. The van der Waals surface area contributed by atoms with Crippen molar-refractivity contribution in [2.24, 2.45) is 78.3 Å². The minimum absolute atomic E-state index is 0.0231. The molecule has 1 saturated carbocycles. The van der Waals surface area contributed by atoms with Gasteiger partial charge in [-0.1, -0.05) is 296 Å². The van der Waals surface area contributed by atoms with Crippen LogP contribution in [-0.4, -0.2) is 99.2 Å². The molecule has 644 valence electrons. The van der Waals surface area contributed by atoms with Crippen LogP contribution in [0, 0.1) is 78.3 Å². The van der Waals surface area contributed by atoms with Crippen molar-refractivity contribution in [3.63, 3.8) is 0 Å². The second kappa shape index (κ2) is 61.8. The van der Waals surface area contributed by atoms with E-state index in [0.29, 0.717) is 86.1 Å². The van der Waals surface area contributed by atoms with Gasteiger partial charge in [0.2, 0.25) is 0 Å². The van der Waals surface area contributed by atoms with Gasteiger partial charge in [-0.2, -0.15) is 0 Å². The molecule has 0 aromatic rings. The van der Waals surface area contributed by atoms with E-state index in [1.54, 1.807) is 0 Å². The highest BCUT2D eigenvalue weighted by Gasteiger charge is 2.28. The third-order valence-electron chi connectivity index (χ3n) is 14.8. The maximum Gasteiger partial charge on any atom is 0.332 e. The Hall–Kier alpha value is -3.75. The molecule has 1 aliphatic rings. The van der Waals surface area contributed by atoms with Crippen LogP contribution in [0.2, 0.25) is 0 Å². The van der Waals surface area contributed by atoms with Crippen molar-refractivity contribution in [2.45, 2.75) is 444 Å². The molecule has 15 nitrogen and oxygen atoms in total. The Morgan fingerprint density at radius 1 is 0.336 bits per heavy atom. The van der Waals surface area contributed by atoms with E-state index in [4.69, 9.17) is 37.9 Å². The van der Waals surface area contributed by atoms with Gasteiger partial charge < -0.3 is 37.9 Å². The molecule has 1 fully saturated rings. The quantitative estimate of drug-likeness (QED) is 0.0408. The largest absolute Gasteiger partial charge is 0.466 e. The maximum absolute atomic E-state index is 11.7. The monoisotopic (exact) mass is 1530 g/mol. The van der Waals surface area contributed by atoms with Crippen LogP contribution in [0.3, 0.4) is 0 Å². The summed E-state index contributed by atoms with van der Waals surface area (Å²) in [6.45, 7) is 92.7. The molecule has 0 heterocycles. The molecule has 0 aromatic carbocycles. The van der Waals surface area contributed by atoms with E-state index in [-0.39, 0.29) is 117 Å². The SMILES string of the molecule is CC(C)CC(=O)OC(C)CC(C)(C)C.CC(C)CC(=O)OCCC(C)(C)C.CC(C)CC(=O)OCCCC(C)(C)C.CC(CC(C)(C)C)OC(=O)C(C)C.CC(CC(C)(C)C)OC(=O)C1CCCC1.CCC(=O)OC(C)CC(C)(C)C.CCC(C)(C)C.CCCC(C)(C)C.CCCOCC(=O)OCC(C)(C)C. The van der Waals surface area contributed by atoms with Crippen LogP contribution in [0.1, 0.15) is 420 Å². The third kappa shape index (κ3) is 116. The summed E-state index contributed by atoms with van der Waals surface area (Å²) in [6, 6.07) is 0. The minimum atomic E-state index is -0.275. The van der Waals surface area contributed by atoms with Crippen molar-refractivity contribution < 1.29 is 71.5 Å². The molecule has 1 aliphatic carbocycles. The topological polar surface area (TPSA) is 193 Å². The van der Waals surface area contributed by atoms with Gasteiger partial charge in [0.05, 0.1) is 56.1 Å². The van der Waals surface area contributed by atoms with E-state index in [9.17, 15) is 33.6 Å². The first-order chi connectivity index (χ1) is 47.9. The summed E-state index contributed by atoms with van der Waals surface area (Å²) < 4.78 is 41.4. The molecule has 0 saturated heterocycles. The number of esters is 7. The third-order valence-corrected chi connectivity index (χ3v) is 14.8. The van der Waals surface area contributed by atoms with Crippen LogP contribution < -0.4 is 0 Å². The van der Waals surface area contributed by atoms with Crippen molar-refractivity contribution in [2.75, 3.05) is 33.0 Å². The molecule has 0 radical (unpaired) electrons. The Labute approximate surface area is 665 Å². The van der Waals surface area contributed by atoms with Crippen molar-refractivity contribution in [1.29, 1.82) is 0 Å². The van der Waals surface area contributed by atoms with Crippen LogP contribution in [0.5, 0.6) is 0 Å². The Kier molecular flexibility index (Phi) is 68.7. The summed E-state index contributed by atoms with van der Waals surface area (Å²) in [5, 5.41) is 0. The Bertz CT molecular complexity index is 2190. The summed E-state index contributed by atoms with van der Waals surface area (Å²) in [4.78, 5) is 78.4. The van der Waals surface area contributed by atoms with E-state index < -0.39 is 0 Å². The first kappa shape index (κ1) is 119. The van der Waals surface area contributed by atoms with Crippen molar-refractivity contribution in [3.8, 4) is 0 Å². The van der Waals surface area contributed by atoms with Gasteiger partial charge in [-0.3, -0.25) is 28.8 Å². The van der Waals surface area contributed by atoms with Gasteiger partial charge in [0, 0.05) is 32.3 Å². The van der Waals surface area contributed by atoms with Crippen molar-refractivity contribution >= 4 is 41.8 Å². The molecule has 4 atom stereocenters. The van der Waals surface area contributed by atoms with Gasteiger partial charge in [0.1, 0.15) is 6.61 Å². The van der Waals surface area contributed by atoms with Crippen LogP contribution >= 0.6 is 0 Å². The first-order valence-electron chi connectivity index (χ1n) is 41.7. The van der Waals surface area contributed by atoms with Gasteiger partial charge in [-0.05, 0) is 165 Å². The number of hydrogen-bond acceptors (Lipinski definition) is 15. The fourth-order valence-corrected chi connectivity index (χ4v) is 9.75. The molecule has 15 heteroatoms. The van der Waals surface area contributed by atoms with E-state index in [2.05, 4.69) is 180 Å². The first-order valence-corrected chi connectivity index (χ1v) is 41.7. The average molecular weight is 1530 g/mol. The zero-order valence-corrected chi connectivity index (χ0v) is 79.3. The number of carbonyl (C=O) groups excluding carboxylic acids is 7. The molecular formula is C92H186O15. The van der Waals surface area contributed by atoms with E-state index >= 15 is 0 Å². The van der Waals surface area contributed by atoms with Crippen molar-refractivity contribution in [1.82, 2.24) is 0 Å². The molecule has 0 N–H and O–H groups in total. The second-order valence-corrected chi connectivity index (χ2v) is 42.4. The molecule has 107 heavy (non-hydrogen) atoms. The predicted molar refractivity (Wildman–Crippen MR) is 454 cm³/mol.